The predicted octanol–water partition coefficient (Wildman–Crippen LogP) is 3.55. The second kappa shape index (κ2) is 5.92. The van der Waals surface area contributed by atoms with Gasteiger partial charge in [-0.15, -0.1) is 0 Å². The minimum absolute atomic E-state index is 0.231. The van der Waals surface area contributed by atoms with Gasteiger partial charge in [-0.3, -0.25) is 0 Å². The molecular weight excluding hydrogens is 252 g/mol. The summed E-state index contributed by atoms with van der Waals surface area (Å²) in [6.45, 7) is 15.6. The third-order valence-corrected chi connectivity index (χ3v) is 3.77. The van der Waals surface area contributed by atoms with E-state index in [1.165, 1.54) is 19.3 Å². The molecule has 20 heavy (non-hydrogen) atoms. The van der Waals surface area contributed by atoms with Gasteiger partial charge in [0, 0.05) is 24.2 Å². The highest BCUT2D eigenvalue weighted by Crippen LogP contribution is 2.30. The summed E-state index contributed by atoms with van der Waals surface area (Å²) < 4.78 is 5.51. The van der Waals surface area contributed by atoms with E-state index in [0.717, 1.165) is 6.54 Å². The number of nitrogens with zero attached hydrogens (tertiary/aromatic N) is 1. The molecule has 0 radical (unpaired) electrons. The number of carbonyl (C=O) groups is 1. The fraction of sp³-hybridized carbons (Fsp3) is 0.938. The number of carbonyl (C=O) groups excluding carboxylic acids is 1. The molecule has 1 N–H and O–H groups in total. The Balaban J connectivity index is 2.54. The molecule has 0 atom stereocenters. The van der Waals surface area contributed by atoms with Crippen LogP contribution in [0.4, 0.5) is 4.79 Å². The molecule has 1 amide bonds. The summed E-state index contributed by atoms with van der Waals surface area (Å²) in [7, 11) is 0. The summed E-state index contributed by atoms with van der Waals surface area (Å²) in [6, 6.07) is 0. The average Bonchev–Trinajstić information content (AvgIpc) is 2.17. The molecule has 0 spiro atoms. The van der Waals surface area contributed by atoms with Crippen LogP contribution in [0, 0.1) is 0 Å². The zero-order chi connectivity index (χ0) is 15.6. The molecule has 0 heterocycles. The van der Waals surface area contributed by atoms with Crippen molar-refractivity contribution in [1.29, 1.82) is 0 Å². The van der Waals surface area contributed by atoms with Crippen molar-refractivity contribution in [1.82, 2.24) is 10.2 Å². The lowest BCUT2D eigenvalue weighted by molar-refractivity contribution is 0.00565. The molecule has 118 valence electrons. The first kappa shape index (κ1) is 17.3. The second-order valence-electron chi connectivity index (χ2n) is 8.14. The van der Waals surface area contributed by atoms with Crippen molar-refractivity contribution in [3.05, 3.63) is 0 Å². The maximum absolute atomic E-state index is 12.3. The van der Waals surface area contributed by atoms with Gasteiger partial charge in [-0.05, 0) is 67.7 Å². The third-order valence-electron chi connectivity index (χ3n) is 3.77. The lowest BCUT2D eigenvalue weighted by Crippen LogP contribution is -2.54. The summed E-state index contributed by atoms with van der Waals surface area (Å²) in [5.74, 6) is 0. The monoisotopic (exact) mass is 284 g/mol. The predicted molar refractivity (Wildman–Crippen MR) is 83.0 cm³/mol. The van der Waals surface area contributed by atoms with E-state index in [2.05, 4.69) is 12.2 Å². The Hall–Kier alpha value is -0.770. The van der Waals surface area contributed by atoms with Crippen molar-refractivity contribution in [2.75, 3.05) is 13.1 Å². The van der Waals surface area contributed by atoms with E-state index < -0.39 is 5.60 Å². The molecule has 1 rings (SSSR count). The van der Waals surface area contributed by atoms with Crippen LogP contribution in [-0.4, -0.2) is 40.8 Å². The second-order valence-corrected chi connectivity index (χ2v) is 8.14. The molecule has 1 aliphatic carbocycles. The van der Waals surface area contributed by atoms with Gasteiger partial charge in [0.2, 0.25) is 0 Å². The van der Waals surface area contributed by atoms with Crippen molar-refractivity contribution in [2.45, 2.75) is 84.4 Å². The van der Waals surface area contributed by atoms with E-state index in [1.54, 1.807) is 0 Å². The molecule has 1 saturated carbocycles. The summed E-state index contributed by atoms with van der Waals surface area (Å²) in [5.41, 5.74) is -0.407. The minimum atomic E-state index is -0.450. The topological polar surface area (TPSA) is 41.6 Å². The van der Waals surface area contributed by atoms with Gasteiger partial charge in [-0.25, -0.2) is 4.79 Å². The molecule has 0 saturated heterocycles. The fourth-order valence-corrected chi connectivity index (χ4v) is 2.37. The zero-order valence-electron chi connectivity index (χ0n) is 14.3. The van der Waals surface area contributed by atoms with Crippen LogP contribution in [0.25, 0.3) is 0 Å². The van der Waals surface area contributed by atoms with Crippen LogP contribution >= 0.6 is 0 Å². The summed E-state index contributed by atoms with van der Waals surface area (Å²) in [6.07, 6.45) is 3.54. The van der Waals surface area contributed by atoms with Crippen LogP contribution in [0.5, 0.6) is 0 Å². The fourth-order valence-electron chi connectivity index (χ4n) is 2.37. The van der Waals surface area contributed by atoms with Crippen molar-refractivity contribution < 1.29 is 9.53 Å². The maximum atomic E-state index is 12.3. The molecular formula is C16H32N2O2. The molecule has 1 aliphatic rings. The quantitative estimate of drug-likeness (QED) is 0.858. The number of amides is 1. The molecule has 4 heteroatoms. The van der Waals surface area contributed by atoms with Gasteiger partial charge in [-0.2, -0.15) is 0 Å². The van der Waals surface area contributed by atoms with Gasteiger partial charge in [0.05, 0.1) is 0 Å². The van der Waals surface area contributed by atoms with Crippen LogP contribution < -0.4 is 5.32 Å². The molecule has 0 aromatic carbocycles. The lowest BCUT2D eigenvalue weighted by Gasteiger charge is -2.41. The number of hydrogen-bond acceptors (Lipinski definition) is 3. The van der Waals surface area contributed by atoms with Gasteiger partial charge in [0.15, 0.2) is 0 Å². The minimum Gasteiger partial charge on any atom is -0.444 e. The van der Waals surface area contributed by atoms with Crippen LogP contribution in [0.1, 0.15) is 67.7 Å². The van der Waals surface area contributed by atoms with E-state index in [0.29, 0.717) is 6.54 Å². The Morgan fingerprint density at radius 2 is 1.75 bits per heavy atom. The molecule has 4 nitrogen and oxygen atoms in total. The lowest BCUT2D eigenvalue weighted by atomic mass is 9.78. The van der Waals surface area contributed by atoms with E-state index >= 15 is 0 Å². The van der Waals surface area contributed by atoms with E-state index in [4.69, 9.17) is 4.74 Å². The first-order valence-electron chi connectivity index (χ1n) is 7.69. The first-order chi connectivity index (χ1) is 8.93. The SMILES string of the molecule is CC1(NCCN(C(=O)OC(C)(C)C)C(C)(C)C)CCC1. The van der Waals surface area contributed by atoms with Crippen LogP contribution in [0.3, 0.4) is 0 Å². The molecule has 0 bridgehead atoms. The van der Waals surface area contributed by atoms with Gasteiger partial charge in [0.25, 0.3) is 0 Å². The normalized spacial score (nSPS) is 18.4. The summed E-state index contributed by atoms with van der Waals surface area (Å²) in [5, 5.41) is 3.57. The highest BCUT2D eigenvalue weighted by molar-refractivity contribution is 5.69. The molecule has 1 fully saturated rings. The average molecular weight is 284 g/mol. The molecule has 0 aromatic heterocycles. The summed E-state index contributed by atoms with van der Waals surface area (Å²) >= 11 is 0. The largest absolute Gasteiger partial charge is 0.444 e. The maximum Gasteiger partial charge on any atom is 0.410 e. The van der Waals surface area contributed by atoms with Crippen molar-refractivity contribution >= 4 is 6.09 Å². The van der Waals surface area contributed by atoms with Crippen molar-refractivity contribution in [3.63, 3.8) is 0 Å². The Morgan fingerprint density at radius 1 is 1.20 bits per heavy atom. The van der Waals surface area contributed by atoms with Crippen molar-refractivity contribution in [3.8, 4) is 0 Å². The van der Waals surface area contributed by atoms with Gasteiger partial charge >= 0.3 is 6.09 Å². The number of hydrogen-bond donors (Lipinski definition) is 1. The highest BCUT2D eigenvalue weighted by atomic mass is 16.6. The van der Waals surface area contributed by atoms with E-state index in [-0.39, 0.29) is 17.2 Å². The van der Waals surface area contributed by atoms with Crippen molar-refractivity contribution in [2.24, 2.45) is 0 Å². The number of rotatable bonds is 4. The molecule has 0 aliphatic heterocycles. The van der Waals surface area contributed by atoms with Gasteiger partial charge in [0.1, 0.15) is 5.60 Å². The number of nitrogens with one attached hydrogen (secondary N) is 1. The first-order valence-corrected chi connectivity index (χ1v) is 7.69. The zero-order valence-corrected chi connectivity index (χ0v) is 14.3. The Labute approximate surface area is 124 Å². The Morgan fingerprint density at radius 3 is 2.10 bits per heavy atom. The number of ether oxygens (including phenoxy) is 1. The van der Waals surface area contributed by atoms with Crippen LogP contribution in [0.2, 0.25) is 0 Å². The summed E-state index contributed by atoms with van der Waals surface area (Å²) in [4.78, 5) is 14.1. The Bertz CT molecular complexity index is 335. The molecule has 0 unspecified atom stereocenters. The van der Waals surface area contributed by atoms with E-state index in [9.17, 15) is 4.79 Å². The smallest absolute Gasteiger partial charge is 0.410 e. The standard InChI is InChI=1S/C16H32N2O2/c1-14(2,3)18(13(19)20-15(4,5)6)12-11-17-16(7)9-8-10-16/h17H,8-12H2,1-7H3. The Kier molecular flexibility index (Phi) is 5.12. The van der Waals surface area contributed by atoms with Crippen LogP contribution in [-0.2, 0) is 4.74 Å². The third kappa shape index (κ3) is 5.31. The highest BCUT2D eigenvalue weighted by Gasteiger charge is 2.33. The van der Waals surface area contributed by atoms with Gasteiger partial charge in [-0.1, -0.05) is 0 Å². The van der Waals surface area contributed by atoms with E-state index in [1.807, 2.05) is 46.4 Å². The van der Waals surface area contributed by atoms with Crippen LogP contribution in [0.15, 0.2) is 0 Å². The van der Waals surface area contributed by atoms with Gasteiger partial charge < -0.3 is 15.0 Å². The molecule has 0 aromatic rings.